The summed E-state index contributed by atoms with van der Waals surface area (Å²) in [4.78, 5) is 15.1. The highest BCUT2D eigenvalue weighted by atomic mass is 19.3. The fourth-order valence-electron chi connectivity index (χ4n) is 4.51. The SMILES string of the molecule is CN1C=C(NC(=O)c2ccc3ccc(N4CC5CNCC4C5)nn23)C(C(F)F)N1. The standard InChI is InChI=1S/C19H23F2N7O/c1-26-10-14(17(25-26)18(20)21)23-19(29)15-4-2-12-3-5-16(24-28(12)15)27-9-11-6-13(27)8-22-7-11/h2-5,10-11,13,17-18,22,25H,6-9H2,1H3,(H,23,29). The Morgan fingerprint density at radius 3 is 2.90 bits per heavy atom. The first kappa shape index (κ1) is 18.3. The van der Waals surface area contributed by atoms with Crippen LogP contribution in [0.15, 0.2) is 36.2 Å². The molecular formula is C19H23F2N7O. The summed E-state index contributed by atoms with van der Waals surface area (Å²) >= 11 is 0. The summed E-state index contributed by atoms with van der Waals surface area (Å²) in [5, 5.41) is 12.2. The van der Waals surface area contributed by atoms with Crippen molar-refractivity contribution in [3.63, 3.8) is 0 Å². The van der Waals surface area contributed by atoms with Gasteiger partial charge in [0.05, 0.1) is 11.2 Å². The van der Waals surface area contributed by atoms with E-state index in [4.69, 9.17) is 5.10 Å². The van der Waals surface area contributed by atoms with Gasteiger partial charge in [-0.15, -0.1) is 5.10 Å². The molecule has 0 radical (unpaired) electrons. The van der Waals surface area contributed by atoms with Crippen molar-refractivity contribution < 1.29 is 13.6 Å². The molecule has 29 heavy (non-hydrogen) atoms. The van der Waals surface area contributed by atoms with Crippen LogP contribution in [-0.4, -0.2) is 65.7 Å². The molecule has 8 nitrogen and oxygen atoms in total. The van der Waals surface area contributed by atoms with Crippen LogP contribution < -0.4 is 21.0 Å². The molecule has 5 heterocycles. The number of fused-ring (bicyclic) bond motifs is 3. The molecule has 1 amide bonds. The second-order valence-corrected chi connectivity index (χ2v) is 7.90. The van der Waals surface area contributed by atoms with Crippen LogP contribution in [0.1, 0.15) is 16.9 Å². The number of carbonyl (C=O) groups is 1. The summed E-state index contributed by atoms with van der Waals surface area (Å²) in [5.74, 6) is 0.972. The van der Waals surface area contributed by atoms with E-state index >= 15 is 0 Å². The summed E-state index contributed by atoms with van der Waals surface area (Å²) in [6, 6.07) is 6.53. The van der Waals surface area contributed by atoms with Gasteiger partial charge in [-0.2, -0.15) is 0 Å². The van der Waals surface area contributed by atoms with Crippen molar-refractivity contribution in [3.8, 4) is 0 Å². The minimum atomic E-state index is -2.64. The molecule has 0 spiro atoms. The fraction of sp³-hybridized carbons (Fsp3) is 0.474. The number of amides is 1. The molecule has 3 aliphatic heterocycles. The minimum Gasteiger partial charge on any atom is -0.351 e. The van der Waals surface area contributed by atoms with Crippen LogP contribution >= 0.6 is 0 Å². The number of hydrogen-bond acceptors (Lipinski definition) is 6. The zero-order valence-corrected chi connectivity index (χ0v) is 16.0. The van der Waals surface area contributed by atoms with E-state index in [1.807, 2.05) is 12.1 Å². The van der Waals surface area contributed by atoms with Crippen LogP contribution in [0.4, 0.5) is 14.6 Å². The Bertz CT molecular complexity index is 975. The van der Waals surface area contributed by atoms with E-state index in [1.54, 1.807) is 23.7 Å². The quantitative estimate of drug-likeness (QED) is 0.701. The first-order valence-electron chi connectivity index (χ1n) is 9.76. The maximum atomic E-state index is 13.2. The highest BCUT2D eigenvalue weighted by Crippen LogP contribution is 2.30. The summed E-state index contributed by atoms with van der Waals surface area (Å²) in [7, 11) is 1.61. The van der Waals surface area contributed by atoms with Gasteiger partial charge in [0, 0.05) is 32.4 Å². The second-order valence-electron chi connectivity index (χ2n) is 7.90. The van der Waals surface area contributed by atoms with Crippen molar-refractivity contribution in [3.05, 3.63) is 41.9 Å². The molecule has 0 aromatic carbocycles. The Morgan fingerprint density at radius 1 is 1.28 bits per heavy atom. The van der Waals surface area contributed by atoms with Crippen LogP contribution in [-0.2, 0) is 0 Å². The van der Waals surface area contributed by atoms with Crippen LogP contribution in [0.25, 0.3) is 5.52 Å². The van der Waals surface area contributed by atoms with Crippen molar-refractivity contribution in [2.45, 2.75) is 24.9 Å². The highest BCUT2D eigenvalue weighted by Gasteiger charge is 2.36. The van der Waals surface area contributed by atoms with E-state index in [2.05, 4.69) is 21.0 Å². The van der Waals surface area contributed by atoms with E-state index in [0.717, 1.165) is 37.4 Å². The predicted molar refractivity (Wildman–Crippen MR) is 104 cm³/mol. The molecule has 10 heteroatoms. The zero-order chi connectivity index (χ0) is 20.1. The summed E-state index contributed by atoms with van der Waals surface area (Å²) in [6.45, 7) is 2.90. The van der Waals surface area contributed by atoms with E-state index in [9.17, 15) is 13.6 Å². The number of rotatable bonds is 4. The van der Waals surface area contributed by atoms with Gasteiger partial charge in [0.1, 0.15) is 17.6 Å². The number of alkyl halides is 2. The van der Waals surface area contributed by atoms with Crippen molar-refractivity contribution >= 4 is 17.2 Å². The summed E-state index contributed by atoms with van der Waals surface area (Å²) in [5.41, 5.74) is 3.83. The predicted octanol–water partition coefficient (Wildman–Crippen LogP) is 0.787. The second kappa shape index (κ2) is 6.96. The maximum Gasteiger partial charge on any atom is 0.274 e. The summed E-state index contributed by atoms with van der Waals surface area (Å²) in [6.07, 6.45) is -0.0283. The average molecular weight is 403 g/mol. The number of nitrogens with zero attached hydrogens (tertiary/aromatic N) is 4. The lowest BCUT2D eigenvalue weighted by atomic mass is 10.0. The molecular weight excluding hydrogens is 380 g/mol. The van der Waals surface area contributed by atoms with Gasteiger partial charge in [0.25, 0.3) is 12.3 Å². The molecule has 2 saturated heterocycles. The van der Waals surface area contributed by atoms with Gasteiger partial charge >= 0.3 is 0 Å². The lowest BCUT2D eigenvalue weighted by Crippen LogP contribution is -2.42. The van der Waals surface area contributed by atoms with E-state index < -0.39 is 18.4 Å². The molecule has 2 bridgehead atoms. The lowest BCUT2D eigenvalue weighted by Gasteiger charge is -2.25. The topological polar surface area (TPSA) is 76.9 Å². The monoisotopic (exact) mass is 403 g/mol. The van der Waals surface area contributed by atoms with Crippen LogP contribution in [0.5, 0.6) is 0 Å². The van der Waals surface area contributed by atoms with Gasteiger partial charge in [-0.1, -0.05) is 0 Å². The Hall–Kier alpha value is -2.72. The van der Waals surface area contributed by atoms with Crippen molar-refractivity contribution in [1.29, 1.82) is 0 Å². The number of hydrazine groups is 1. The van der Waals surface area contributed by atoms with Gasteiger partial charge in [-0.3, -0.25) is 4.79 Å². The average Bonchev–Trinajstić information content (AvgIpc) is 3.36. The number of hydrogen-bond donors (Lipinski definition) is 3. The smallest absolute Gasteiger partial charge is 0.274 e. The molecule has 0 saturated carbocycles. The molecule has 2 aromatic heterocycles. The minimum absolute atomic E-state index is 0.137. The normalized spacial score (nSPS) is 26.5. The molecule has 3 unspecified atom stereocenters. The third-order valence-electron chi connectivity index (χ3n) is 5.85. The van der Waals surface area contributed by atoms with E-state index in [0.29, 0.717) is 17.7 Å². The van der Waals surface area contributed by atoms with Crippen molar-refractivity contribution in [1.82, 2.24) is 30.7 Å². The number of anilines is 1. The van der Waals surface area contributed by atoms with Crippen molar-refractivity contribution in [2.75, 3.05) is 31.6 Å². The maximum absolute atomic E-state index is 13.2. The molecule has 2 fully saturated rings. The Kier molecular flexibility index (Phi) is 4.39. The van der Waals surface area contributed by atoms with Crippen molar-refractivity contribution in [2.24, 2.45) is 5.92 Å². The van der Waals surface area contributed by atoms with Gasteiger partial charge in [0.2, 0.25) is 0 Å². The molecule has 5 rings (SSSR count). The number of carbonyl (C=O) groups excluding carboxylic acids is 1. The Balaban J connectivity index is 1.42. The molecule has 154 valence electrons. The first-order chi connectivity index (χ1) is 14.0. The molecule has 3 atom stereocenters. The molecule has 2 aromatic rings. The number of halogens is 2. The molecule has 3 N–H and O–H groups in total. The lowest BCUT2D eigenvalue weighted by molar-refractivity contribution is 0.0878. The summed E-state index contributed by atoms with van der Waals surface area (Å²) < 4.78 is 28.1. The highest BCUT2D eigenvalue weighted by molar-refractivity contribution is 5.95. The van der Waals surface area contributed by atoms with E-state index in [-0.39, 0.29) is 5.70 Å². The zero-order valence-electron chi connectivity index (χ0n) is 16.0. The van der Waals surface area contributed by atoms with E-state index in [1.165, 1.54) is 11.2 Å². The van der Waals surface area contributed by atoms with Gasteiger partial charge in [-0.05, 0) is 43.1 Å². The fourth-order valence-corrected chi connectivity index (χ4v) is 4.51. The Morgan fingerprint density at radius 2 is 2.10 bits per heavy atom. The first-order valence-corrected chi connectivity index (χ1v) is 9.76. The Labute approximate surface area is 166 Å². The van der Waals surface area contributed by atoms with Gasteiger partial charge in [0.15, 0.2) is 0 Å². The largest absolute Gasteiger partial charge is 0.351 e. The number of aromatic nitrogens is 2. The number of piperidine rings is 1. The van der Waals surface area contributed by atoms with Gasteiger partial charge < -0.3 is 20.5 Å². The third kappa shape index (κ3) is 3.22. The third-order valence-corrected chi connectivity index (χ3v) is 5.85. The number of nitrogens with one attached hydrogen (secondary N) is 3. The van der Waals surface area contributed by atoms with Gasteiger partial charge in [-0.25, -0.2) is 18.7 Å². The van der Waals surface area contributed by atoms with Crippen LogP contribution in [0.2, 0.25) is 0 Å². The van der Waals surface area contributed by atoms with Crippen LogP contribution in [0.3, 0.4) is 0 Å². The molecule has 0 aliphatic carbocycles. The van der Waals surface area contributed by atoms with Crippen LogP contribution in [0, 0.1) is 5.92 Å². The molecule has 3 aliphatic rings.